The maximum absolute atomic E-state index is 12.6. The van der Waals surface area contributed by atoms with E-state index in [1.165, 1.54) is 19.0 Å². The molecule has 166 valence electrons. The molecule has 3 atom stereocenters. The van der Waals surface area contributed by atoms with Crippen molar-refractivity contribution < 1.29 is 34.2 Å². The third kappa shape index (κ3) is 10.4. The van der Waals surface area contributed by atoms with Gasteiger partial charge in [-0.3, -0.25) is 24.0 Å². The Morgan fingerprint density at radius 1 is 0.931 bits per heavy atom. The Morgan fingerprint density at radius 3 is 1.93 bits per heavy atom. The zero-order chi connectivity index (χ0) is 22.6. The molecule has 0 aliphatic rings. The van der Waals surface area contributed by atoms with Crippen LogP contribution in [-0.2, 0) is 24.0 Å². The second-order valence-corrected chi connectivity index (χ2v) is 6.67. The van der Waals surface area contributed by atoms with E-state index in [2.05, 4.69) is 16.0 Å². The number of amides is 4. The number of nitrogens with two attached hydrogens (primary N) is 1. The lowest BCUT2D eigenvalue weighted by Crippen LogP contribution is -2.57. The van der Waals surface area contributed by atoms with Gasteiger partial charge in [-0.25, -0.2) is 0 Å². The van der Waals surface area contributed by atoms with Crippen LogP contribution >= 0.6 is 0 Å². The number of aliphatic hydroxyl groups excluding tert-OH is 1. The van der Waals surface area contributed by atoms with Crippen molar-refractivity contribution in [1.29, 1.82) is 0 Å². The van der Waals surface area contributed by atoms with Gasteiger partial charge in [0.25, 0.3) is 0 Å². The van der Waals surface area contributed by atoms with E-state index in [-0.39, 0.29) is 5.91 Å². The summed E-state index contributed by atoms with van der Waals surface area (Å²) in [5, 5.41) is 25.1. The van der Waals surface area contributed by atoms with E-state index in [0.29, 0.717) is 25.8 Å². The molecule has 12 nitrogen and oxygen atoms in total. The van der Waals surface area contributed by atoms with E-state index in [9.17, 15) is 29.1 Å². The molecule has 0 saturated carbocycles. The second-order valence-electron chi connectivity index (χ2n) is 6.67. The Morgan fingerprint density at radius 2 is 1.48 bits per heavy atom. The number of nitrogens with one attached hydrogen (secondary N) is 3. The summed E-state index contributed by atoms with van der Waals surface area (Å²) < 4.78 is 0. The zero-order valence-electron chi connectivity index (χ0n) is 16.9. The van der Waals surface area contributed by atoms with E-state index in [1.54, 1.807) is 0 Å². The number of nitrogens with zero attached hydrogens (tertiary/aromatic N) is 1. The molecule has 29 heavy (non-hydrogen) atoms. The highest BCUT2D eigenvalue weighted by molar-refractivity contribution is 5.95. The molecule has 0 heterocycles. The van der Waals surface area contributed by atoms with Gasteiger partial charge in [0, 0.05) is 21.0 Å². The molecule has 0 spiro atoms. The molecule has 0 aliphatic carbocycles. The fourth-order valence-electron chi connectivity index (χ4n) is 2.43. The van der Waals surface area contributed by atoms with Crippen LogP contribution in [0.1, 0.15) is 32.6 Å². The largest absolute Gasteiger partial charge is 0.481 e. The summed E-state index contributed by atoms with van der Waals surface area (Å²) in [6, 6.07) is -3.77. The first-order valence-electron chi connectivity index (χ1n) is 9.15. The number of rotatable bonds is 13. The lowest BCUT2D eigenvalue weighted by Gasteiger charge is -2.25. The first kappa shape index (κ1) is 26.3. The number of hydrogen-bond acceptors (Lipinski definition) is 7. The number of aliphatic carboxylic acids is 1. The molecule has 0 rings (SSSR count). The van der Waals surface area contributed by atoms with E-state index in [0.717, 1.165) is 6.92 Å². The monoisotopic (exact) mass is 417 g/mol. The molecule has 0 saturated heterocycles. The van der Waals surface area contributed by atoms with Crippen molar-refractivity contribution in [1.82, 2.24) is 20.9 Å². The molecule has 12 heteroatoms. The summed E-state index contributed by atoms with van der Waals surface area (Å²) in [6.45, 7) is 0.810. The van der Waals surface area contributed by atoms with Gasteiger partial charge in [0.2, 0.25) is 23.6 Å². The fraction of sp³-hybridized carbons (Fsp3) is 0.706. The third-order valence-electron chi connectivity index (χ3n) is 3.89. The van der Waals surface area contributed by atoms with Crippen molar-refractivity contribution >= 4 is 29.6 Å². The third-order valence-corrected chi connectivity index (χ3v) is 3.89. The van der Waals surface area contributed by atoms with Crippen LogP contribution in [0.25, 0.3) is 0 Å². The lowest BCUT2D eigenvalue weighted by molar-refractivity contribution is -0.142. The number of carboxylic acid groups (broad SMARTS) is 1. The molecule has 0 aromatic rings. The summed E-state index contributed by atoms with van der Waals surface area (Å²) in [6.07, 6.45) is 0.740. The fourth-order valence-corrected chi connectivity index (χ4v) is 2.43. The molecule has 0 bridgehead atoms. The van der Waals surface area contributed by atoms with Gasteiger partial charge in [-0.2, -0.15) is 0 Å². The Labute approximate surface area is 169 Å². The van der Waals surface area contributed by atoms with Crippen molar-refractivity contribution in [3.63, 3.8) is 0 Å². The quantitative estimate of drug-likeness (QED) is 0.172. The summed E-state index contributed by atoms with van der Waals surface area (Å²) in [5.74, 6) is -4.13. The molecule has 0 radical (unpaired) electrons. The van der Waals surface area contributed by atoms with Gasteiger partial charge in [0.15, 0.2) is 0 Å². The standard InChI is InChI=1S/C17H31N5O7/c1-10(24)19-13(9-23)16(28)21-12(8-14(25)26)15(27)20-11(6-4-5-7-18)17(29)22(2)3/h11-13,23H,4-9,18H2,1-3H3,(H,19,24)(H,20,27)(H,21,28)(H,25,26)/t11-,12-,13-/m0/s1. The van der Waals surface area contributed by atoms with Gasteiger partial charge in [-0.15, -0.1) is 0 Å². The minimum atomic E-state index is -1.50. The van der Waals surface area contributed by atoms with Gasteiger partial charge < -0.3 is 36.8 Å². The number of carbonyl (C=O) groups is 5. The SMILES string of the molecule is CC(=O)N[C@@H](CO)C(=O)N[C@@H](CC(=O)O)C(=O)N[C@@H](CCCCN)C(=O)N(C)C. The molecule has 4 amide bonds. The van der Waals surface area contributed by atoms with Crippen molar-refractivity contribution in [2.45, 2.75) is 50.7 Å². The Bertz CT molecular complexity index is 597. The van der Waals surface area contributed by atoms with Crippen LogP contribution < -0.4 is 21.7 Å². The van der Waals surface area contributed by atoms with Gasteiger partial charge in [0.1, 0.15) is 18.1 Å². The number of hydrogen-bond donors (Lipinski definition) is 6. The normalized spacial score (nSPS) is 13.6. The Hall–Kier alpha value is -2.73. The molecular formula is C17H31N5O7. The summed E-state index contributed by atoms with van der Waals surface area (Å²) in [4.78, 5) is 60.6. The highest BCUT2D eigenvalue weighted by Gasteiger charge is 2.30. The zero-order valence-corrected chi connectivity index (χ0v) is 16.9. The van der Waals surface area contributed by atoms with Crippen molar-refractivity contribution in [2.24, 2.45) is 5.73 Å². The molecule has 0 aromatic carbocycles. The van der Waals surface area contributed by atoms with Gasteiger partial charge in [-0.1, -0.05) is 0 Å². The predicted molar refractivity (Wildman–Crippen MR) is 102 cm³/mol. The maximum Gasteiger partial charge on any atom is 0.305 e. The topological polar surface area (TPSA) is 191 Å². The highest BCUT2D eigenvalue weighted by atomic mass is 16.4. The van der Waals surface area contributed by atoms with E-state index < -0.39 is 54.8 Å². The van der Waals surface area contributed by atoms with Crippen molar-refractivity contribution in [3.8, 4) is 0 Å². The smallest absolute Gasteiger partial charge is 0.305 e. The summed E-state index contributed by atoms with van der Waals surface area (Å²) in [7, 11) is 3.03. The minimum absolute atomic E-state index is 0.291. The minimum Gasteiger partial charge on any atom is -0.481 e. The van der Waals surface area contributed by atoms with Crippen LogP contribution in [0.2, 0.25) is 0 Å². The van der Waals surface area contributed by atoms with Crippen LogP contribution in [0.15, 0.2) is 0 Å². The number of unbranched alkanes of at least 4 members (excludes halogenated alkanes) is 1. The van der Waals surface area contributed by atoms with Crippen LogP contribution in [-0.4, -0.2) is 90.1 Å². The van der Waals surface area contributed by atoms with Crippen molar-refractivity contribution in [3.05, 3.63) is 0 Å². The molecule has 7 N–H and O–H groups in total. The van der Waals surface area contributed by atoms with Gasteiger partial charge >= 0.3 is 5.97 Å². The second kappa shape index (κ2) is 13.4. The van der Waals surface area contributed by atoms with Crippen LogP contribution in [0, 0.1) is 0 Å². The van der Waals surface area contributed by atoms with Crippen LogP contribution in [0.4, 0.5) is 0 Å². The molecule has 0 aromatic heterocycles. The molecular weight excluding hydrogens is 386 g/mol. The first-order chi connectivity index (χ1) is 13.5. The molecule has 0 unspecified atom stereocenters. The average Bonchev–Trinajstić information content (AvgIpc) is 2.63. The van der Waals surface area contributed by atoms with Gasteiger partial charge in [0.05, 0.1) is 13.0 Å². The Kier molecular flexibility index (Phi) is 12.2. The number of likely N-dealkylation sites (N-methyl/N-ethyl adjacent to an activating group) is 1. The number of carbonyl (C=O) groups excluding carboxylic acids is 4. The first-order valence-corrected chi connectivity index (χ1v) is 9.15. The maximum atomic E-state index is 12.6. The van der Waals surface area contributed by atoms with E-state index >= 15 is 0 Å². The van der Waals surface area contributed by atoms with Crippen LogP contribution in [0.5, 0.6) is 0 Å². The van der Waals surface area contributed by atoms with E-state index in [1.807, 2.05) is 0 Å². The number of carboxylic acids is 1. The average molecular weight is 417 g/mol. The molecule has 0 fully saturated rings. The summed E-state index contributed by atoms with van der Waals surface area (Å²) in [5.41, 5.74) is 5.44. The number of aliphatic hydroxyl groups is 1. The van der Waals surface area contributed by atoms with Crippen molar-refractivity contribution in [2.75, 3.05) is 27.2 Å². The van der Waals surface area contributed by atoms with Crippen LogP contribution in [0.3, 0.4) is 0 Å². The lowest BCUT2D eigenvalue weighted by atomic mass is 10.1. The predicted octanol–water partition coefficient (Wildman–Crippen LogP) is -2.86. The summed E-state index contributed by atoms with van der Waals surface area (Å²) >= 11 is 0. The Balaban J connectivity index is 5.32. The van der Waals surface area contributed by atoms with E-state index in [4.69, 9.17) is 10.8 Å². The van der Waals surface area contributed by atoms with Gasteiger partial charge in [-0.05, 0) is 25.8 Å². The highest BCUT2D eigenvalue weighted by Crippen LogP contribution is 2.05. The molecule has 0 aliphatic heterocycles.